The van der Waals surface area contributed by atoms with E-state index in [1.165, 1.54) is 0 Å². The minimum Gasteiger partial charge on any atom is -0.369 e. The summed E-state index contributed by atoms with van der Waals surface area (Å²) in [7, 11) is 0. The Bertz CT molecular complexity index is 778. The number of aryl methyl sites for hydroxylation is 2. The molecule has 0 aliphatic heterocycles. The van der Waals surface area contributed by atoms with Gasteiger partial charge in [0.25, 0.3) is 0 Å². The predicted octanol–water partition coefficient (Wildman–Crippen LogP) is 2.67. The van der Waals surface area contributed by atoms with Crippen molar-refractivity contribution >= 4 is 28.7 Å². The van der Waals surface area contributed by atoms with Crippen LogP contribution in [-0.4, -0.2) is 19.5 Å². The first-order valence-corrected chi connectivity index (χ1v) is 6.19. The van der Waals surface area contributed by atoms with Gasteiger partial charge in [0, 0.05) is 5.69 Å². The van der Waals surface area contributed by atoms with Crippen molar-refractivity contribution in [3.05, 3.63) is 40.8 Å². The van der Waals surface area contributed by atoms with Crippen LogP contribution in [0.4, 0.5) is 5.95 Å². The first-order valence-electron chi connectivity index (χ1n) is 5.81. The normalized spacial score (nSPS) is 11.1. The lowest BCUT2D eigenvalue weighted by Crippen LogP contribution is -2.01. The van der Waals surface area contributed by atoms with Crippen LogP contribution >= 0.6 is 11.6 Å². The zero-order valence-electron chi connectivity index (χ0n) is 10.6. The maximum atomic E-state index is 6.20. The number of halogens is 1. The van der Waals surface area contributed by atoms with Gasteiger partial charge in [0.1, 0.15) is 11.3 Å². The number of benzene rings is 1. The third-order valence-corrected chi connectivity index (χ3v) is 3.13. The van der Waals surface area contributed by atoms with Crippen molar-refractivity contribution in [3.63, 3.8) is 0 Å². The van der Waals surface area contributed by atoms with Crippen molar-refractivity contribution in [1.82, 2.24) is 19.5 Å². The molecule has 0 aliphatic carbocycles. The fraction of sp³-hybridized carbons (Fsp3) is 0.154. The van der Waals surface area contributed by atoms with Gasteiger partial charge in [0.2, 0.25) is 5.95 Å². The van der Waals surface area contributed by atoms with Crippen molar-refractivity contribution < 1.29 is 0 Å². The Balaban J connectivity index is 2.38. The molecule has 0 spiro atoms. The van der Waals surface area contributed by atoms with E-state index in [4.69, 9.17) is 17.3 Å². The quantitative estimate of drug-likeness (QED) is 0.692. The number of hydrogen-bond acceptors (Lipinski definition) is 4. The van der Waals surface area contributed by atoms with Gasteiger partial charge in [-0.1, -0.05) is 23.7 Å². The lowest BCUT2D eigenvalue weighted by molar-refractivity contribution is 1.07. The van der Waals surface area contributed by atoms with E-state index in [9.17, 15) is 0 Å². The maximum Gasteiger partial charge on any atom is 0.207 e. The van der Waals surface area contributed by atoms with Crippen molar-refractivity contribution in [3.8, 4) is 5.69 Å². The van der Waals surface area contributed by atoms with Crippen LogP contribution in [0.15, 0.2) is 24.3 Å². The van der Waals surface area contributed by atoms with Gasteiger partial charge in [-0.15, -0.1) is 0 Å². The van der Waals surface area contributed by atoms with Crippen LogP contribution in [0.2, 0.25) is 5.15 Å². The van der Waals surface area contributed by atoms with Crippen molar-refractivity contribution in [2.75, 3.05) is 5.73 Å². The van der Waals surface area contributed by atoms with Crippen LogP contribution in [0.5, 0.6) is 0 Å². The summed E-state index contributed by atoms with van der Waals surface area (Å²) in [5.74, 6) is 0.925. The van der Waals surface area contributed by atoms with E-state index in [2.05, 4.69) is 15.0 Å². The zero-order valence-corrected chi connectivity index (χ0v) is 11.3. The predicted molar refractivity (Wildman–Crippen MR) is 75.6 cm³/mol. The van der Waals surface area contributed by atoms with E-state index in [1.807, 2.05) is 31.2 Å². The molecule has 1 aromatic carbocycles. The Morgan fingerprint density at radius 2 is 1.95 bits per heavy atom. The molecule has 5 nitrogen and oxygen atoms in total. The Morgan fingerprint density at radius 1 is 1.16 bits per heavy atom. The van der Waals surface area contributed by atoms with Gasteiger partial charge in [-0.2, -0.15) is 4.98 Å². The summed E-state index contributed by atoms with van der Waals surface area (Å²) < 4.78 is 1.77. The first kappa shape index (κ1) is 11.9. The van der Waals surface area contributed by atoms with Crippen LogP contribution in [0.1, 0.15) is 11.4 Å². The monoisotopic (exact) mass is 273 g/mol. The lowest BCUT2D eigenvalue weighted by Gasteiger charge is -2.07. The minimum absolute atomic E-state index is 0.349. The summed E-state index contributed by atoms with van der Waals surface area (Å²) in [6.07, 6.45) is 0. The molecular formula is C13H12ClN5. The number of nitrogens with two attached hydrogens (primary N) is 1. The van der Waals surface area contributed by atoms with Crippen LogP contribution < -0.4 is 5.73 Å². The highest BCUT2D eigenvalue weighted by atomic mass is 35.5. The third-order valence-electron chi connectivity index (χ3n) is 2.87. The standard InChI is InChI=1S/C13H12ClN5/c1-7-4-3-5-9(6-7)19-10-11(14)16-8(2)17-12(10)18-13(19)15/h3-6H,1-2H3,(H2,15,16,17,18). The number of aromatic nitrogens is 4. The van der Waals surface area contributed by atoms with Crippen LogP contribution in [0, 0.1) is 13.8 Å². The van der Waals surface area contributed by atoms with Gasteiger partial charge in [0.15, 0.2) is 10.8 Å². The second-order valence-electron chi connectivity index (χ2n) is 4.38. The molecule has 0 atom stereocenters. The first-order chi connectivity index (χ1) is 9.06. The van der Waals surface area contributed by atoms with Gasteiger partial charge < -0.3 is 5.73 Å². The molecule has 2 N–H and O–H groups in total. The second kappa shape index (κ2) is 4.20. The zero-order chi connectivity index (χ0) is 13.6. The van der Waals surface area contributed by atoms with E-state index in [0.29, 0.717) is 28.1 Å². The molecule has 0 unspecified atom stereocenters. The molecule has 0 radical (unpaired) electrons. The van der Waals surface area contributed by atoms with Gasteiger partial charge in [-0.05, 0) is 31.5 Å². The average molecular weight is 274 g/mol. The van der Waals surface area contributed by atoms with E-state index < -0.39 is 0 Å². The number of hydrogen-bond donors (Lipinski definition) is 1. The molecule has 96 valence electrons. The lowest BCUT2D eigenvalue weighted by atomic mass is 10.2. The molecule has 0 amide bonds. The average Bonchev–Trinajstić information content (AvgIpc) is 2.65. The number of imidazole rings is 1. The highest BCUT2D eigenvalue weighted by molar-refractivity contribution is 6.33. The number of rotatable bonds is 1. The number of nitrogens with zero attached hydrogens (tertiary/aromatic N) is 4. The van der Waals surface area contributed by atoms with Crippen LogP contribution in [0.25, 0.3) is 16.9 Å². The van der Waals surface area contributed by atoms with E-state index in [1.54, 1.807) is 11.5 Å². The SMILES string of the molecule is Cc1cccc(-n2c(N)nc3nc(C)nc(Cl)c32)c1. The highest BCUT2D eigenvalue weighted by Gasteiger charge is 2.15. The smallest absolute Gasteiger partial charge is 0.207 e. The van der Waals surface area contributed by atoms with Crippen LogP contribution in [-0.2, 0) is 0 Å². The van der Waals surface area contributed by atoms with Gasteiger partial charge in [-0.3, -0.25) is 4.57 Å². The van der Waals surface area contributed by atoms with E-state index >= 15 is 0 Å². The minimum atomic E-state index is 0.349. The summed E-state index contributed by atoms with van der Waals surface area (Å²) >= 11 is 6.20. The molecule has 0 saturated carbocycles. The molecule has 3 aromatic rings. The fourth-order valence-electron chi connectivity index (χ4n) is 2.09. The highest BCUT2D eigenvalue weighted by Crippen LogP contribution is 2.27. The molecule has 0 aliphatic rings. The Hall–Kier alpha value is -2.14. The van der Waals surface area contributed by atoms with Gasteiger partial charge >= 0.3 is 0 Å². The maximum absolute atomic E-state index is 6.20. The number of fused-ring (bicyclic) bond motifs is 1. The summed E-state index contributed by atoms with van der Waals surface area (Å²) in [5.41, 5.74) is 9.15. The molecular weight excluding hydrogens is 262 g/mol. The molecule has 0 fully saturated rings. The molecule has 3 rings (SSSR count). The van der Waals surface area contributed by atoms with Crippen molar-refractivity contribution in [2.24, 2.45) is 0 Å². The molecule has 6 heteroatoms. The topological polar surface area (TPSA) is 69.6 Å². The largest absolute Gasteiger partial charge is 0.369 e. The Labute approximate surface area is 115 Å². The van der Waals surface area contributed by atoms with Crippen molar-refractivity contribution in [1.29, 1.82) is 0 Å². The molecule has 2 heterocycles. The van der Waals surface area contributed by atoms with E-state index in [0.717, 1.165) is 11.3 Å². The Morgan fingerprint density at radius 3 is 2.68 bits per heavy atom. The third kappa shape index (κ3) is 1.92. The summed E-state index contributed by atoms with van der Waals surface area (Å²) in [6.45, 7) is 3.79. The number of nitrogen functional groups attached to an aromatic ring is 1. The summed E-state index contributed by atoms with van der Waals surface area (Å²) in [4.78, 5) is 12.7. The van der Waals surface area contributed by atoms with Gasteiger partial charge in [0.05, 0.1) is 0 Å². The molecule has 2 aromatic heterocycles. The second-order valence-corrected chi connectivity index (χ2v) is 4.74. The summed E-state index contributed by atoms with van der Waals surface area (Å²) in [5, 5.41) is 0.355. The molecule has 0 bridgehead atoms. The van der Waals surface area contributed by atoms with Crippen LogP contribution in [0.3, 0.4) is 0 Å². The number of anilines is 1. The van der Waals surface area contributed by atoms with Crippen molar-refractivity contribution in [2.45, 2.75) is 13.8 Å². The van der Waals surface area contributed by atoms with E-state index in [-0.39, 0.29) is 0 Å². The molecule has 0 saturated heterocycles. The summed E-state index contributed by atoms with van der Waals surface area (Å²) in [6, 6.07) is 7.92. The Kier molecular flexibility index (Phi) is 2.64. The van der Waals surface area contributed by atoms with Gasteiger partial charge in [-0.25, -0.2) is 9.97 Å². The molecule has 19 heavy (non-hydrogen) atoms. The fourth-order valence-corrected chi connectivity index (χ4v) is 2.38.